The highest BCUT2D eigenvalue weighted by molar-refractivity contribution is 7.89. The van der Waals surface area contributed by atoms with Crippen molar-refractivity contribution >= 4 is 21.8 Å². The Morgan fingerprint density at radius 1 is 1.10 bits per heavy atom. The predicted octanol–water partition coefficient (Wildman–Crippen LogP) is 2.09. The molecular formula is C22H25N3O4S. The Morgan fingerprint density at radius 3 is 2.60 bits per heavy atom. The van der Waals surface area contributed by atoms with Crippen LogP contribution in [0.2, 0.25) is 0 Å². The lowest BCUT2D eigenvalue weighted by Crippen LogP contribution is -2.49. The molecule has 7 nitrogen and oxygen atoms in total. The molecule has 0 saturated carbocycles. The quantitative estimate of drug-likeness (QED) is 0.810. The van der Waals surface area contributed by atoms with Crippen LogP contribution < -0.4 is 5.32 Å². The number of hydrogen-bond donors (Lipinski definition) is 1. The van der Waals surface area contributed by atoms with Crippen molar-refractivity contribution in [1.29, 1.82) is 0 Å². The summed E-state index contributed by atoms with van der Waals surface area (Å²) in [5, 5.41) is 2.62. The Bertz CT molecular complexity index is 1070. The van der Waals surface area contributed by atoms with E-state index in [0.717, 1.165) is 22.7 Å². The van der Waals surface area contributed by atoms with E-state index in [0.29, 0.717) is 12.1 Å². The third kappa shape index (κ3) is 3.97. The summed E-state index contributed by atoms with van der Waals surface area (Å²) in [5.41, 5.74) is 2.60. The van der Waals surface area contributed by atoms with Crippen LogP contribution in [0.3, 0.4) is 0 Å². The van der Waals surface area contributed by atoms with Crippen LogP contribution in [0.4, 0.5) is 0 Å². The molecule has 2 aliphatic heterocycles. The zero-order valence-electron chi connectivity index (χ0n) is 16.9. The largest absolute Gasteiger partial charge is 0.354 e. The van der Waals surface area contributed by atoms with Gasteiger partial charge >= 0.3 is 0 Å². The van der Waals surface area contributed by atoms with E-state index in [-0.39, 0.29) is 42.4 Å². The normalized spacial score (nSPS) is 20.2. The number of nitrogens with zero attached hydrogens (tertiary/aromatic N) is 2. The van der Waals surface area contributed by atoms with Gasteiger partial charge < -0.3 is 10.2 Å². The number of likely N-dealkylation sites (tertiary alicyclic amines) is 1. The zero-order chi connectivity index (χ0) is 21.3. The van der Waals surface area contributed by atoms with Gasteiger partial charge in [-0.15, -0.1) is 0 Å². The Labute approximate surface area is 176 Å². The molecule has 158 valence electrons. The van der Waals surface area contributed by atoms with Crippen molar-refractivity contribution in [2.45, 2.75) is 30.7 Å². The van der Waals surface area contributed by atoms with Crippen LogP contribution >= 0.6 is 0 Å². The molecule has 30 heavy (non-hydrogen) atoms. The van der Waals surface area contributed by atoms with Gasteiger partial charge in [0.15, 0.2) is 0 Å². The average molecular weight is 428 g/mol. The van der Waals surface area contributed by atoms with E-state index < -0.39 is 10.0 Å². The first kappa shape index (κ1) is 20.6. The molecule has 0 bridgehead atoms. The molecule has 0 aromatic heterocycles. The van der Waals surface area contributed by atoms with E-state index in [1.54, 1.807) is 12.1 Å². The van der Waals surface area contributed by atoms with E-state index in [2.05, 4.69) is 5.32 Å². The van der Waals surface area contributed by atoms with Crippen LogP contribution in [-0.2, 0) is 14.8 Å². The Morgan fingerprint density at radius 2 is 1.87 bits per heavy atom. The number of carbonyl (C=O) groups is 2. The highest BCUT2D eigenvalue weighted by Gasteiger charge is 2.33. The van der Waals surface area contributed by atoms with Gasteiger partial charge in [0.05, 0.1) is 17.5 Å². The second-order valence-corrected chi connectivity index (χ2v) is 9.72. The smallest absolute Gasteiger partial charge is 0.254 e. The standard InChI is InChI=1S/C22H25N3O4S/c1-16-7-9-17(10-8-16)20-6-3-12-25(20)22(27)18-4-2-5-19(14-18)30(28,29)24-13-11-23-21(26)15-24/h2,4-5,7-10,14,20H,3,6,11-13,15H2,1H3,(H,23,26)/t20-/m1/s1. The fourth-order valence-electron chi connectivity index (χ4n) is 4.07. The number of hydrogen-bond acceptors (Lipinski definition) is 4. The van der Waals surface area contributed by atoms with Crippen LogP contribution in [-0.4, -0.2) is 55.6 Å². The molecular weight excluding hydrogens is 402 g/mol. The third-order valence-electron chi connectivity index (χ3n) is 5.70. The number of benzene rings is 2. The predicted molar refractivity (Wildman–Crippen MR) is 112 cm³/mol. The van der Waals surface area contributed by atoms with E-state index in [1.807, 2.05) is 36.1 Å². The SMILES string of the molecule is Cc1ccc([C@H]2CCCN2C(=O)c2cccc(S(=O)(=O)N3CCNC(=O)C3)c2)cc1. The zero-order valence-corrected chi connectivity index (χ0v) is 17.7. The highest BCUT2D eigenvalue weighted by Crippen LogP contribution is 2.33. The Hall–Kier alpha value is -2.71. The summed E-state index contributed by atoms with van der Waals surface area (Å²) in [6.45, 7) is 2.96. The van der Waals surface area contributed by atoms with Crippen LogP contribution in [0.1, 0.15) is 40.4 Å². The van der Waals surface area contributed by atoms with Crippen LogP contribution in [0.5, 0.6) is 0 Å². The lowest BCUT2D eigenvalue weighted by Gasteiger charge is -2.27. The van der Waals surface area contributed by atoms with Gasteiger partial charge in [-0.1, -0.05) is 35.9 Å². The molecule has 4 rings (SSSR count). The van der Waals surface area contributed by atoms with E-state index in [4.69, 9.17) is 0 Å². The molecule has 2 aliphatic rings. The lowest BCUT2D eigenvalue weighted by molar-refractivity contribution is -0.122. The maximum absolute atomic E-state index is 13.3. The molecule has 2 amide bonds. The molecule has 8 heteroatoms. The molecule has 2 fully saturated rings. The molecule has 0 aliphatic carbocycles. The van der Waals surface area contributed by atoms with Crippen molar-refractivity contribution in [2.24, 2.45) is 0 Å². The first-order valence-corrected chi connectivity index (χ1v) is 11.5. The summed E-state index contributed by atoms with van der Waals surface area (Å²) in [7, 11) is -3.84. The number of rotatable bonds is 4. The van der Waals surface area contributed by atoms with Crippen molar-refractivity contribution in [2.75, 3.05) is 26.2 Å². The van der Waals surface area contributed by atoms with Crippen molar-refractivity contribution in [3.63, 3.8) is 0 Å². The van der Waals surface area contributed by atoms with E-state index in [9.17, 15) is 18.0 Å². The summed E-state index contributed by atoms with van der Waals surface area (Å²) < 4.78 is 27.1. The van der Waals surface area contributed by atoms with Crippen molar-refractivity contribution in [1.82, 2.24) is 14.5 Å². The van der Waals surface area contributed by atoms with Gasteiger partial charge in [0.1, 0.15) is 0 Å². The first-order valence-electron chi connectivity index (χ1n) is 10.1. The number of nitrogens with one attached hydrogen (secondary N) is 1. The topological polar surface area (TPSA) is 86.8 Å². The first-order chi connectivity index (χ1) is 14.4. The summed E-state index contributed by atoms with van der Waals surface area (Å²) in [4.78, 5) is 26.7. The summed E-state index contributed by atoms with van der Waals surface area (Å²) in [5.74, 6) is -0.499. The maximum atomic E-state index is 13.3. The summed E-state index contributed by atoms with van der Waals surface area (Å²) >= 11 is 0. The van der Waals surface area contributed by atoms with Crippen LogP contribution in [0.15, 0.2) is 53.4 Å². The van der Waals surface area contributed by atoms with Gasteiger partial charge in [0.25, 0.3) is 5.91 Å². The number of aryl methyl sites for hydroxylation is 1. The second kappa shape index (κ2) is 8.20. The highest BCUT2D eigenvalue weighted by atomic mass is 32.2. The monoisotopic (exact) mass is 427 g/mol. The molecule has 1 atom stereocenters. The maximum Gasteiger partial charge on any atom is 0.254 e. The fraction of sp³-hybridized carbons (Fsp3) is 0.364. The van der Waals surface area contributed by atoms with Gasteiger partial charge in [-0.3, -0.25) is 9.59 Å². The van der Waals surface area contributed by atoms with E-state index in [1.165, 1.54) is 17.7 Å². The van der Waals surface area contributed by atoms with Crippen molar-refractivity contribution < 1.29 is 18.0 Å². The van der Waals surface area contributed by atoms with E-state index >= 15 is 0 Å². The second-order valence-electron chi connectivity index (χ2n) is 7.78. The molecule has 0 radical (unpaired) electrons. The fourth-order valence-corrected chi connectivity index (χ4v) is 5.51. The molecule has 2 heterocycles. The molecule has 2 saturated heterocycles. The minimum Gasteiger partial charge on any atom is -0.354 e. The number of piperazine rings is 1. The average Bonchev–Trinajstić information content (AvgIpc) is 3.23. The minimum absolute atomic E-state index is 0.0100. The van der Waals surface area contributed by atoms with Gasteiger partial charge in [-0.05, 0) is 43.5 Å². The Balaban J connectivity index is 1.59. The van der Waals surface area contributed by atoms with Crippen LogP contribution in [0, 0.1) is 6.92 Å². The number of carbonyl (C=O) groups excluding carboxylic acids is 2. The number of amides is 2. The van der Waals surface area contributed by atoms with Gasteiger partial charge in [0, 0.05) is 25.2 Å². The molecule has 1 N–H and O–H groups in total. The molecule has 0 spiro atoms. The summed E-state index contributed by atoms with van der Waals surface area (Å²) in [6, 6.07) is 14.3. The van der Waals surface area contributed by atoms with Crippen LogP contribution in [0.25, 0.3) is 0 Å². The minimum atomic E-state index is -3.84. The van der Waals surface area contributed by atoms with Gasteiger partial charge in [0.2, 0.25) is 15.9 Å². The Kier molecular flexibility index (Phi) is 5.62. The molecule has 2 aromatic rings. The van der Waals surface area contributed by atoms with Crippen molar-refractivity contribution in [3.8, 4) is 0 Å². The van der Waals surface area contributed by atoms with Crippen molar-refractivity contribution in [3.05, 3.63) is 65.2 Å². The third-order valence-corrected chi connectivity index (χ3v) is 7.54. The molecule has 0 unspecified atom stereocenters. The van der Waals surface area contributed by atoms with Gasteiger partial charge in [-0.25, -0.2) is 8.42 Å². The lowest BCUT2D eigenvalue weighted by atomic mass is 10.0. The summed E-state index contributed by atoms with van der Waals surface area (Å²) in [6.07, 6.45) is 1.79. The molecule has 2 aromatic carbocycles. The van der Waals surface area contributed by atoms with Gasteiger partial charge in [-0.2, -0.15) is 4.31 Å². The number of sulfonamides is 1.